The summed E-state index contributed by atoms with van der Waals surface area (Å²) in [5.74, 6) is 0.203. The fourth-order valence-corrected chi connectivity index (χ4v) is 5.22. The highest BCUT2D eigenvalue weighted by atomic mass is 32.1. The van der Waals surface area contributed by atoms with Crippen molar-refractivity contribution in [3.8, 4) is 10.4 Å². The first-order valence-electron chi connectivity index (χ1n) is 10.7. The van der Waals surface area contributed by atoms with Gasteiger partial charge in [0.2, 0.25) is 5.91 Å². The highest BCUT2D eigenvalue weighted by Crippen LogP contribution is 2.39. The molecule has 156 valence electrons. The minimum atomic E-state index is -0.349. The van der Waals surface area contributed by atoms with E-state index in [2.05, 4.69) is 69.1 Å². The fraction of sp³-hybridized carbons (Fsp3) is 0.360. The fourth-order valence-electron chi connectivity index (χ4n) is 4.43. The third kappa shape index (κ3) is 4.63. The van der Waals surface area contributed by atoms with Crippen molar-refractivity contribution in [1.29, 1.82) is 0 Å². The lowest BCUT2D eigenvalue weighted by molar-refractivity contribution is -0.133. The Morgan fingerprint density at radius 1 is 1.10 bits per heavy atom. The van der Waals surface area contributed by atoms with Gasteiger partial charge >= 0.3 is 0 Å². The summed E-state index contributed by atoms with van der Waals surface area (Å²) < 4.78 is 0. The van der Waals surface area contributed by atoms with Crippen molar-refractivity contribution in [3.05, 3.63) is 77.4 Å². The molecule has 1 aliphatic rings. The number of pyridine rings is 1. The van der Waals surface area contributed by atoms with Crippen LogP contribution in [0.15, 0.2) is 66.3 Å². The van der Waals surface area contributed by atoms with Gasteiger partial charge in [-0.3, -0.25) is 14.7 Å². The van der Waals surface area contributed by atoms with Gasteiger partial charge in [-0.2, -0.15) is 0 Å². The van der Waals surface area contributed by atoms with E-state index in [9.17, 15) is 4.79 Å². The SMILES string of the molecule is CCNC(=O)C1(Cc2ccccc2-c2cccs2)CCN(Cc2ccncc2)CC1. The Hall–Kier alpha value is -2.50. The molecular weight excluding hydrogens is 390 g/mol. The van der Waals surface area contributed by atoms with Crippen LogP contribution in [0.3, 0.4) is 0 Å². The summed E-state index contributed by atoms with van der Waals surface area (Å²) in [4.78, 5) is 21.1. The molecule has 0 aliphatic carbocycles. The molecular formula is C25H29N3OS. The Morgan fingerprint density at radius 2 is 1.87 bits per heavy atom. The van der Waals surface area contributed by atoms with Crippen LogP contribution in [-0.4, -0.2) is 35.4 Å². The molecule has 30 heavy (non-hydrogen) atoms. The van der Waals surface area contributed by atoms with Gasteiger partial charge in [0.1, 0.15) is 0 Å². The third-order valence-electron chi connectivity index (χ3n) is 6.12. The normalized spacial score (nSPS) is 16.3. The molecule has 3 aromatic rings. The molecule has 1 amide bonds. The summed E-state index contributed by atoms with van der Waals surface area (Å²) in [6.45, 7) is 5.46. The van der Waals surface area contributed by atoms with Crippen LogP contribution in [0.5, 0.6) is 0 Å². The van der Waals surface area contributed by atoms with Crippen molar-refractivity contribution >= 4 is 17.2 Å². The second-order valence-electron chi connectivity index (χ2n) is 8.08. The zero-order chi connectivity index (χ0) is 20.8. The molecule has 0 unspecified atom stereocenters. The van der Waals surface area contributed by atoms with E-state index >= 15 is 0 Å². The Balaban J connectivity index is 1.54. The highest BCUT2D eigenvalue weighted by Gasteiger charge is 2.41. The number of amides is 1. The van der Waals surface area contributed by atoms with Gasteiger partial charge < -0.3 is 5.32 Å². The van der Waals surface area contributed by atoms with E-state index in [1.165, 1.54) is 21.6 Å². The number of thiophene rings is 1. The van der Waals surface area contributed by atoms with E-state index in [4.69, 9.17) is 0 Å². The predicted molar refractivity (Wildman–Crippen MR) is 123 cm³/mol. The van der Waals surface area contributed by atoms with Crippen LogP contribution in [0.4, 0.5) is 0 Å². The molecule has 0 atom stereocenters. The minimum Gasteiger partial charge on any atom is -0.356 e. The van der Waals surface area contributed by atoms with Crippen LogP contribution in [0.2, 0.25) is 0 Å². The van der Waals surface area contributed by atoms with Gasteiger partial charge in [-0.25, -0.2) is 0 Å². The lowest BCUT2D eigenvalue weighted by Gasteiger charge is -2.41. The second kappa shape index (κ2) is 9.54. The molecule has 0 spiro atoms. The van der Waals surface area contributed by atoms with E-state index < -0.39 is 0 Å². The molecule has 5 heteroatoms. The number of rotatable bonds is 7. The van der Waals surface area contributed by atoms with Crippen LogP contribution in [0.1, 0.15) is 30.9 Å². The van der Waals surface area contributed by atoms with Gasteiger partial charge in [0.05, 0.1) is 5.41 Å². The molecule has 0 radical (unpaired) electrons. The molecule has 1 fully saturated rings. The Kier molecular flexibility index (Phi) is 6.60. The van der Waals surface area contributed by atoms with E-state index in [-0.39, 0.29) is 11.3 Å². The number of carbonyl (C=O) groups excluding carboxylic acids is 1. The van der Waals surface area contributed by atoms with Crippen molar-refractivity contribution in [2.45, 2.75) is 32.7 Å². The van der Waals surface area contributed by atoms with Gasteiger partial charge in [-0.1, -0.05) is 30.3 Å². The summed E-state index contributed by atoms with van der Waals surface area (Å²) in [5.41, 5.74) is 3.46. The quantitative estimate of drug-likeness (QED) is 0.600. The molecule has 4 rings (SSSR count). The molecule has 1 aliphatic heterocycles. The first-order chi connectivity index (χ1) is 14.7. The summed E-state index contributed by atoms with van der Waals surface area (Å²) >= 11 is 1.76. The number of aromatic nitrogens is 1. The second-order valence-corrected chi connectivity index (χ2v) is 9.03. The van der Waals surface area contributed by atoms with Gasteiger partial charge in [-0.15, -0.1) is 11.3 Å². The van der Waals surface area contributed by atoms with Crippen molar-refractivity contribution in [1.82, 2.24) is 15.2 Å². The standard InChI is InChI=1S/C25H29N3OS/c1-2-27-24(29)25(11-15-28(16-12-25)19-20-9-13-26-14-10-20)18-21-6-3-4-7-22(21)23-8-5-17-30-23/h3-10,13-14,17H,2,11-12,15-16,18-19H2,1H3,(H,27,29). The predicted octanol–water partition coefficient (Wildman–Crippen LogP) is 4.77. The topological polar surface area (TPSA) is 45.2 Å². The van der Waals surface area contributed by atoms with Gasteiger partial charge in [-0.05, 0) is 79.5 Å². The van der Waals surface area contributed by atoms with Crippen LogP contribution in [0.25, 0.3) is 10.4 Å². The van der Waals surface area contributed by atoms with Crippen LogP contribution in [-0.2, 0) is 17.8 Å². The summed E-state index contributed by atoms with van der Waals surface area (Å²) in [5, 5.41) is 5.25. The van der Waals surface area contributed by atoms with E-state index in [0.717, 1.165) is 38.9 Å². The number of benzene rings is 1. The average Bonchev–Trinajstić information content (AvgIpc) is 3.31. The number of nitrogens with zero attached hydrogens (tertiary/aromatic N) is 2. The number of carbonyl (C=O) groups is 1. The molecule has 0 saturated carbocycles. The van der Waals surface area contributed by atoms with Gasteiger partial charge in [0.15, 0.2) is 0 Å². The number of piperidine rings is 1. The van der Waals surface area contributed by atoms with Crippen molar-refractivity contribution < 1.29 is 4.79 Å². The van der Waals surface area contributed by atoms with Gasteiger partial charge in [0, 0.05) is 30.4 Å². The van der Waals surface area contributed by atoms with E-state index in [1.54, 1.807) is 11.3 Å². The van der Waals surface area contributed by atoms with Crippen LogP contribution >= 0.6 is 11.3 Å². The maximum absolute atomic E-state index is 13.3. The number of hydrogen-bond acceptors (Lipinski definition) is 4. The Bertz CT molecular complexity index is 948. The first kappa shape index (κ1) is 20.8. The number of nitrogens with one attached hydrogen (secondary N) is 1. The molecule has 1 saturated heterocycles. The third-order valence-corrected chi connectivity index (χ3v) is 7.02. The van der Waals surface area contributed by atoms with Crippen LogP contribution in [0, 0.1) is 5.41 Å². The first-order valence-corrected chi connectivity index (χ1v) is 11.6. The summed E-state index contributed by atoms with van der Waals surface area (Å²) in [6, 6.07) is 17.0. The van der Waals surface area contributed by atoms with Crippen LogP contribution < -0.4 is 5.32 Å². The zero-order valence-electron chi connectivity index (χ0n) is 17.5. The lowest BCUT2D eigenvalue weighted by Crippen LogP contribution is -2.49. The number of likely N-dealkylation sites (tertiary alicyclic amines) is 1. The smallest absolute Gasteiger partial charge is 0.226 e. The van der Waals surface area contributed by atoms with E-state index in [1.807, 2.05) is 19.3 Å². The van der Waals surface area contributed by atoms with Crippen molar-refractivity contribution in [2.24, 2.45) is 5.41 Å². The monoisotopic (exact) mass is 419 g/mol. The molecule has 1 aromatic carbocycles. The van der Waals surface area contributed by atoms with Crippen molar-refractivity contribution in [3.63, 3.8) is 0 Å². The molecule has 2 aromatic heterocycles. The molecule has 3 heterocycles. The molecule has 0 bridgehead atoms. The lowest BCUT2D eigenvalue weighted by atomic mass is 9.72. The average molecular weight is 420 g/mol. The maximum atomic E-state index is 13.3. The van der Waals surface area contributed by atoms with Crippen molar-refractivity contribution in [2.75, 3.05) is 19.6 Å². The molecule has 1 N–H and O–H groups in total. The largest absolute Gasteiger partial charge is 0.356 e. The summed E-state index contributed by atoms with van der Waals surface area (Å²) in [7, 11) is 0. The Morgan fingerprint density at radius 3 is 2.57 bits per heavy atom. The zero-order valence-corrected chi connectivity index (χ0v) is 18.3. The maximum Gasteiger partial charge on any atom is 0.226 e. The minimum absolute atomic E-state index is 0.203. The number of hydrogen-bond donors (Lipinski definition) is 1. The van der Waals surface area contributed by atoms with Gasteiger partial charge in [0.25, 0.3) is 0 Å². The highest BCUT2D eigenvalue weighted by molar-refractivity contribution is 7.13. The van der Waals surface area contributed by atoms with E-state index in [0.29, 0.717) is 6.54 Å². The molecule has 4 nitrogen and oxygen atoms in total. The Labute approximate surface area is 183 Å². The summed E-state index contributed by atoms with van der Waals surface area (Å²) in [6.07, 6.45) is 6.24.